The maximum Gasteiger partial charge on any atom is 0.319 e. The third-order valence-electron chi connectivity index (χ3n) is 3.79. The van der Waals surface area contributed by atoms with Crippen molar-refractivity contribution in [3.63, 3.8) is 0 Å². The molecule has 1 atom stereocenters. The summed E-state index contributed by atoms with van der Waals surface area (Å²) in [7, 11) is 0. The number of urea groups is 1. The van der Waals surface area contributed by atoms with E-state index < -0.39 is 0 Å². The monoisotopic (exact) mass is 291 g/mol. The molecule has 1 saturated heterocycles. The summed E-state index contributed by atoms with van der Waals surface area (Å²) in [5.41, 5.74) is 0.808. The smallest absolute Gasteiger partial charge is 0.319 e. The Balaban J connectivity index is 1.82. The minimum absolute atomic E-state index is 0.153. The normalized spacial score (nSPS) is 17.5. The minimum atomic E-state index is -0.153. The molecule has 0 radical (unpaired) electrons. The standard InChI is InChI=1S/C16H25N3O2/c1-13(2)15(19-8-10-21-11-9-19)12-17-16(20)18-14-6-4-3-5-7-14/h3-7,13,15H,8-12H2,1-2H3,(H2,17,18,20). The van der Waals surface area contributed by atoms with E-state index in [4.69, 9.17) is 4.74 Å². The molecule has 0 saturated carbocycles. The Morgan fingerprint density at radius 2 is 1.90 bits per heavy atom. The van der Waals surface area contributed by atoms with Gasteiger partial charge in [-0.3, -0.25) is 4.90 Å². The molecule has 1 fully saturated rings. The highest BCUT2D eigenvalue weighted by Gasteiger charge is 2.24. The number of amides is 2. The molecule has 0 aromatic heterocycles. The Morgan fingerprint density at radius 1 is 1.24 bits per heavy atom. The van der Waals surface area contributed by atoms with E-state index in [1.165, 1.54) is 0 Å². The van der Waals surface area contributed by atoms with Crippen LogP contribution in [0.4, 0.5) is 10.5 Å². The van der Waals surface area contributed by atoms with Crippen LogP contribution in [0.2, 0.25) is 0 Å². The summed E-state index contributed by atoms with van der Waals surface area (Å²) in [5.74, 6) is 0.486. The van der Waals surface area contributed by atoms with Gasteiger partial charge in [0.1, 0.15) is 0 Å². The summed E-state index contributed by atoms with van der Waals surface area (Å²) in [5, 5.41) is 5.82. The Labute approximate surface area is 126 Å². The lowest BCUT2D eigenvalue weighted by Gasteiger charge is -2.36. The van der Waals surface area contributed by atoms with Crippen molar-refractivity contribution in [2.24, 2.45) is 5.92 Å². The first-order chi connectivity index (χ1) is 10.2. The average Bonchev–Trinajstić information content (AvgIpc) is 2.49. The van der Waals surface area contributed by atoms with E-state index in [1.807, 2.05) is 30.3 Å². The molecular formula is C16H25N3O2. The first kappa shape index (κ1) is 15.8. The molecule has 0 spiro atoms. The zero-order chi connectivity index (χ0) is 15.1. The van der Waals surface area contributed by atoms with Crippen molar-refractivity contribution in [3.05, 3.63) is 30.3 Å². The molecule has 1 aromatic rings. The van der Waals surface area contributed by atoms with Gasteiger partial charge in [-0.15, -0.1) is 0 Å². The van der Waals surface area contributed by atoms with Crippen molar-refractivity contribution in [1.82, 2.24) is 10.2 Å². The highest BCUT2D eigenvalue weighted by molar-refractivity contribution is 5.89. The van der Waals surface area contributed by atoms with Crippen molar-refractivity contribution in [2.75, 3.05) is 38.2 Å². The highest BCUT2D eigenvalue weighted by Crippen LogP contribution is 2.12. The molecule has 1 unspecified atom stereocenters. The van der Waals surface area contributed by atoms with Crippen LogP contribution in [-0.4, -0.2) is 49.8 Å². The molecule has 5 nitrogen and oxygen atoms in total. The fourth-order valence-electron chi connectivity index (χ4n) is 2.59. The third-order valence-corrected chi connectivity index (χ3v) is 3.79. The van der Waals surface area contributed by atoms with Gasteiger partial charge in [0.05, 0.1) is 13.2 Å². The molecule has 2 rings (SSSR count). The molecule has 21 heavy (non-hydrogen) atoms. The summed E-state index contributed by atoms with van der Waals surface area (Å²) >= 11 is 0. The van der Waals surface area contributed by atoms with Crippen LogP contribution in [0.3, 0.4) is 0 Å². The summed E-state index contributed by atoms with van der Waals surface area (Å²) in [4.78, 5) is 14.4. The van der Waals surface area contributed by atoms with E-state index in [0.717, 1.165) is 32.0 Å². The molecule has 2 amide bonds. The number of carbonyl (C=O) groups is 1. The Bertz CT molecular complexity index is 430. The highest BCUT2D eigenvalue weighted by atomic mass is 16.5. The van der Waals surface area contributed by atoms with Gasteiger partial charge in [-0.2, -0.15) is 0 Å². The number of anilines is 1. The topological polar surface area (TPSA) is 53.6 Å². The van der Waals surface area contributed by atoms with Crippen LogP contribution in [0.15, 0.2) is 30.3 Å². The SMILES string of the molecule is CC(C)C(CNC(=O)Nc1ccccc1)N1CCOCC1. The molecule has 0 aliphatic carbocycles. The summed E-state index contributed by atoms with van der Waals surface area (Å²) in [6.45, 7) is 8.46. The molecule has 1 aliphatic rings. The number of nitrogens with one attached hydrogen (secondary N) is 2. The molecule has 1 heterocycles. The zero-order valence-electron chi connectivity index (χ0n) is 12.8. The number of rotatable bonds is 5. The summed E-state index contributed by atoms with van der Waals surface area (Å²) in [6, 6.07) is 9.68. The Kier molecular flexibility index (Phi) is 6.02. The fourth-order valence-corrected chi connectivity index (χ4v) is 2.59. The van der Waals surface area contributed by atoms with Crippen LogP contribution in [0.5, 0.6) is 0 Å². The maximum absolute atomic E-state index is 12.0. The first-order valence-corrected chi connectivity index (χ1v) is 7.58. The van der Waals surface area contributed by atoms with E-state index in [0.29, 0.717) is 18.5 Å². The molecule has 2 N–H and O–H groups in total. The van der Waals surface area contributed by atoms with E-state index in [-0.39, 0.29) is 6.03 Å². The third kappa shape index (κ3) is 5.02. The van der Waals surface area contributed by atoms with Crippen LogP contribution in [0, 0.1) is 5.92 Å². The number of hydrogen-bond acceptors (Lipinski definition) is 3. The predicted octanol–water partition coefficient (Wildman–Crippen LogP) is 2.16. The summed E-state index contributed by atoms with van der Waals surface area (Å²) < 4.78 is 5.39. The van der Waals surface area contributed by atoms with E-state index in [1.54, 1.807) is 0 Å². The fraction of sp³-hybridized carbons (Fsp3) is 0.562. The maximum atomic E-state index is 12.0. The summed E-state index contributed by atoms with van der Waals surface area (Å²) in [6.07, 6.45) is 0. The molecule has 5 heteroatoms. The van der Waals surface area contributed by atoms with E-state index in [9.17, 15) is 4.79 Å². The van der Waals surface area contributed by atoms with Crippen LogP contribution in [0.25, 0.3) is 0 Å². The van der Waals surface area contributed by atoms with Gasteiger partial charge < -0.3 is 15.4 Å². The molecule has 116 valence electrons. The molecule has 1 aliphatic heterocycles. The lowest BCUT2D eigenvalue weighted by Crippen LogP contribution is -2.51. The van der Waals surface area contributed by atoms with Gasteiger partial charge in [0.25, 0.3) is 0 Å². The van der Waals surface area contributed by atoms with Crippen molar-refractivity contribution in [2.45, 2.75) is 19.9 Å². The average molecular weight is 291 g/mol. The Morgan fingerprint density at radius 3 is 2.52 bits per heavy atom. The molecule has 1 aromatic carbocycles. The van der Waals surface area contributed by atoms with Crippen molar-refractivity contribution in [3.8, 4) is 0 Å². The van der Waals surface area contributed by atoms with E-state index in [2.05, 4.69) is 29.4 Å². The zero-order valence-corrected chi connectivity index (χ0v) is 12.8. The number of para-hydroxylation sites is 1. The van der Waals surface area contributed by atoms with Crippen molar-refractivity contribution >= 4 is 11.7 Å². The van der Waals surface area contributed by atoms with Gasteiger partial charge in [0.2, 0.25) is 0 Å². The second kappa shape index (κ2) is 8.00. The van der Waals surface area contributed by atoms with Crippen molar-refractivity contribution in [1.29, 1.82) is 0 Å². The lowest BCUT2D eigenvalue weighted by atomic mass is 10.0. The number of nitrogens with zero attached hydrogens (tertiary/aromatic N) is 1. The van der Waals surface area contributed by atoms with Gasteiger partial charge in [-0.05, 0) is 18.1 Å². The predicted molar refractivity (Wildman–Crippen MR) is 84.5 cm³/mol. The number of carbonyl (C=O) groups excluding carboxylic acids is 1. The van der Waals surface area contributed by atoms with Crippen LogP contribution < -0.4 is 10.6 Å². The molecule has 0 bridgehead atoms. The second-order valence-electron chi connectivity index (χ2n) is 5.66. The lowest BCUT2D eigenvalue weighted by molar-refractivity contribution is 0.00728. The van der Waals surface area contributed by atoms with Gasteiger partial charge in [0, 0.05) is 31.4 Å². The quantitative estimate of drug-likeness (QED) is 0.874. The molecular weight excluding hydrogens is 266 g/mol. The number of hydrogen-bond donors (Lipinski definition) is 2. The van der Waals surface area contributed by atoms with Gasteiger partial charge in [-0.1, -0.05) is 32.0 Å². The van der Waals surface area contributed by atoms with Gasteiger partial charge in [0.15, 0.2) is 0 Å². The second-order valence-corrected chi connectivity index (χ2v) is 5.66. The largest absolute Gasteiger partial charge is 0.379 e. The van der Waals surface area contributed by atoms with Crippen LogP contribution >= 0.6 is 0 Å². The number of ether oxygens (including phenoxy) is 1. The van der Waals surface area contributed by atoms with Crippen molar-refractivity contribution < 1.29 is 9.53 Å². The van der Waals surface area contributed by atoms with Crippen LogP contribution in [0.1, 0.15) is 13.8 Å². The number of morpholine rings is 1. The van der Waals surface area contributed by atoms with Gasteiger partial charge in [-0.25, -0.2) is 4.79 Å². The van der Waals surface area contributed by atoms with Gasteiger partial charge >= 0.3 is 6.03 Å². The number of benzene rings is 1. The minimum Gasteiger partial charge on any atom is -0.379 e. The first-order valence-electron chi connectivity index (χ1n) is 7.58. The van der Waals surface area contributed by atoms with Crippen LogP contribution in [-0.2, 0) is 4.74 Å². The Hall–Kier alpha value is -1.59. The van der Waals surface area contributed by atoms with E-state index >= 15 is 0 Å².